The summed E-state index contributed by atoms with van der Waals surface area (Å²) in [5.74, 6) is -4.19. The van der Waals surface area contributed by atoms with Crippen LogP contribution in [0.1, 0.15) is 77.0 Å². The molecule has 4 rings (SSSR count). The Morgan fingerprint density at radius 2 is 1.61 bits per heavy atom. The summed E-state index contributed by atoms with van der Waals surface area (Å²) in [6.07, 6.45) is 1.58. The van der Waals surface area contributed by atoms with Gasteiger partial charge < -0.3 is 19.2 Å². The Hall–Kier alpha value is -3.81. The highest BCUT2D eigenvalue weighted by molar-refractivity contribution is 6.74. The van der Waals surface area contributed by atoms with E-state index in [1.807, 2.05) is 0 Å². The smallest absolute Gasteiger partial charge is 0.410 e. The minimum atomic E-state index is -2.12. The maximum absolute atomic E-state index is 15.3. The minimum absolute atomic E-state index is 0.0250. The van der Waals surface area contributed by atoms with Gasteiger partial charge >= 0.3 is 6.09 Å². The highest BCUT2D eigenvalue weighted by Gasteiger charge is 2.41. The van der Waals surface area contributed by atoms with Crippen LogP contribution in [0.2, 0.25) is 18.1 Å². The number of benzene rings is 2. The van der Waals surface area contributed by atoms with Gasteiger partial charge in [-0.25, -0.2) is 22.4 Å². The van der Waals surface area contributed by atoms with E-state index in [1.54, 1.807) is 25.7 Å². The molecule has 0 unspecified atom stereocenters. The van der Waals surface area contributed by atoms with E-state index in [0.717, 1.165) is 24.4 Å². The van der Waals surface area contributed by atoms with Crippen molar-refractivity contribution in [2.24, 2.45) is 0 Å². The molecule has 1 aliphatic rings. The number of hydrogen-bond acceptors (Lipinski definition) is 6. The monoisotopic (exact) mass is 731 g/mol. The Morgan fingerprint density at radius 1 is 0.961 bits per heavy atom. The molecule has 2 heterocycles. The van der Waals surface area contributed by atoms with Crippen LogP contribution in [-0.4, -0.2) is 67.7 Å². The molecule has 1 aromatic heterocycles. The second-order valence-corrected chi connectivity index (χ2v) is 20.4. The molecular weight excluding hydrogens is 683 g/mol. The summed E-state index contributed by atoms with van der Waals surface area (Å²) in [7, 11) is -2.12. The number of rotatable bonds is 11. The van der Waals surface area contributed by atoms with Gasteiger partial charge in [-0.05, 0) is 87.1 Å². The zero-order valence-electron chi connectivity index (χ0n) is 30.6. The van der Waals surface area contributed by atoms with Crippen LogP contribution in [0.4, 0.5) is 28.0 Å². The van der Waals surface area contributed by atoms with E-state index in [1.165, 1.54) is 30.5 Å². The summed E-state index contributed by atoms with van der Waals surface area (Å²) in [6, 6.07) is 7.88. The highest BCUT2D eigenvalue weighted by Crippen LogP contribution is 2.37. The number of nitrogens with one attached hydrogen (secondary N) is 1. The average Bonchev–Trinajstić information content (AvgIpc) is 3.01. The third-order valence-corrected chi connectivity index (χ3v) is 13.9. The molecule has 3 atom stereocenters. The average molecular weight is 732 g/mol. The van der Waals surface area contributed by atoms with Crippen LogP contribution in [0.3, 0.4) is 0 Å². The van der Waals surface area contributed by atoms with E-state index in [0.29, 0.717) is 18.6 Å². The topological polar surface area (TPSA) is 90.0 Å². The van der Waals surface area contributed by atoms with Gasteiger partial charge in [0, 0.05) is 24.0 Å². The molecule has 3 aromatic rings. The molecule has 278 valence electrons. The predicted octanol–water partition coefficient (Wildman–Crippen LogP) is 8.76. The SMILES string of the molecule is CC(C)(C)OC(=O)N1C[C@@H](CCc2c(F)cncc2NC(=O)C[C@@H](c2ccc(F)cc2)c2cc(F)cc(F)c2)OC[C@H]1CO[Si](C)(C)C(C)(C)C. The number of ether oxygens (including phenoxy) is 2. The molecule has 1 N–H and O–H groups in total. The summed E-state index contributed by atoms with van der Waals surface area (Å²) in [4.78, 5) is 32.3. The Bertz CT molecular complexity index is 1660. The first-order chi connectivity index (χ1) is 23.7. The number of morpholine rings is 1. The second-order valence-electron chi connectivity index (χ2n) is 15.6. The van der Waals surface area contributed by atoms with Gasteiger partial charge in [-0.15, -0.1) is 0 Å². The largest absolute Gasteiger partial charge is 0.444 e. The maximum Gasteiger partial charge on any atom is 0.410 e. The third kappa shape index (κ3) is 11.1. The van der Waals surface area contributed by atoms with Crippen molar-refractivity contribution in [3.05, 3.63) is 94.8 Å². The van der Waals surface area contributed by atoms with Crippen LogP contribution in [0, 0.1) is 23.3 Å². The molecule has 0 spiro atoms. The van der Waals surface area contributed by atoms with Gasteiger partial charge in [0.25, 0.3) is 0 Å². The number of carbonyl (C=O) groups is 2. The number of nitrogens with zero attached hydrogens (tertiary/aromatic N) is 2. The van der Waals surface area contributed by atoms with E-state index in [9.17, 15) is 22.8 Å². The Balaban J connectivity index is 1.48. The first-order valence-electron chi connectivity index (χ1n) is 17.1. The fourth-order valence-electron chi connectivity index (χ4n) is 5.55. The molecule has 1 fully saturated rings. The molecule has 2 aromatic carbocycles. The molecule has 1 saturated heterocycles. The Kier molecular flexibility index (Phi) is 12.7. The Morgan fingerprint density at radius 3 is 2.22 bits per heavy atom. The molecule has 0 radical (unpaired) electrons. The van der Waals surface area contributed by atoms with Gasteiger partial charge in [0.15, 0.2) is 8.32 Å². The zero-order chi connectivity index (χ0) is 37.7. The summed E-state index contributed by atoms with van der Waals surface area (Å²) in [6.45, 7) is 16.8. The van der Waals surface area contributed by atoms with Gasteiger partial charge in [-0.2, -0.15) is 0 Å². The molecule has 8 nitrogen and oxygen atoms in total. The minimum Gasteiger partial charge on any atom is -0.444 e. The van der Waals surface area contributed by atoms with Crippen molar-refractivity contribution >= 4 is 26.0 Å². The van der Waals surface area contributed by atoms with Crippen molar-refractivity contribution in [3.8, 4) is 0 Å². The normalized spacial score (nSPS) is 17.6. The van der Waals surface area contributed by atoms with Crippen molar-refractivity contribution in [2.75, 3.05) is 25.1 Å². The summed E-state index contributed by atoms with van der Waals surface area (Å²) in [5, 5.41) is 2.69. The maximum atomic E-state index is 15.3. The zero-order valence-corrected chi connectivity index (χ0v) is 31.6. The second kappa shape index (κ2) is 16.2. The first-order valence-corrected chi connectivity index (χ1v) is 20.0. The summed E-state index contributed by atoms with van der Waals surface area (Å²) >= 11 is 0. The molecule has 0 bridgehead atoms. The van der Waals surface area contributed by atoms with Gasteiger partial charge in [0.05, 0.1) is 50.0 Å². The molecular formula is C38H49F4N3O5Si. The number of anilines is 1. The lowest BCUT2D eigenvalue weighted by Crippen LogP contribution is -2.56. The first kappa shape index (κ1) is 40.0. The molecule has 51 heavy (non-hydrogen) atoms. The lowest BCUT2D eigenvalue weighted by molar-refractivity contribution is -0.116. The summed E-state index contributed by atoms with van der Waals surface area (Å²) < 4.78 is 75.7. The number of aromatic nitrogens is 1. The van der Waals surface area contributed by atoms with Crippen LogP contribution in [0.15, 0.2) is 54.9 Å². The van der Waals surface area contributed by atoms with Crippen LogP contribution >= 0.6 is 0 Å². The predicted molar refractivity (Wildman–Crippen MR) is 190 cm³/mol. The third-order valence-electron chi connectivity index (χ3n) is 9.38. The molecule has 0 saturated carbocycles. The van der Waals surface area contributed by atoms with Crippen LogP contribution < -0.4 is 5.32 Å². The van der Waals surface area contributed by atoms with Crippen molar-refractivity contribution in [1.29, 1.82) is 0 Å². The molecule has 2 amide bonds. The van der Waals surface area contributed by atoms with E-state index in [4.69, 9.17) is 13.9 Å². The van der Waals surface area contributed by atoms with Gasteiger partial charge in [-0.3, -0.25) is 14.7 Å². The lowest BCUT2D eigenvalue weighted by atomic mass is 9.88. The van der Waals surface area contributed by atoms with E-state index in [-0.39, 0.29) is 53.9 Å². The molecule has 0 aliphatic carbocycles. The van der Waals surface area contributed by atoms with E-state index < -0.39 is 61.2 Å². The number of halogens is 4. The van der Waals surface area contributed by atoms with Gasteiger partial charge in [0.1, 0.15) is 28.9 Å². The van der Waals surface area contributed by atoms with Crippen LogP contribution in [-0.2, 0) is 25.1 Å². The molecule has 1 aliphatic heterocycles. The number of carbonyl (C=O) groups excluding carboxylic acids is 2. The standard InChI is InChI=1S/C38H49F4N3O5Si/c1-37(2,3)50-36(47)45-21-30(48-22-29(45)23-49-51(7,8)38(4,5)6)13-14-31-33(42)19-43-20-34(31)44-35(46)18-32(24-9-11-26(39)12-10-24)25-15-27(40)17-28(41)16-25/h9-12,15-17,19-20,29-30,32H,13-14,18,21-23H2,1-8H3,(H,44,46)/t29-,30+,32-/m0/s1. The van der Waals surface area contributed by atoms with Gasteiger partial charge in [0.2, 0.25) is 5.91 Å². The van der Waals surface area contributed by atoms with Gasteiger partial charge in [-0.1, -0.05) is 32.9 Å². The lowest BCUT2D eigenvalue weighted by Gasteiger charge is -2.43. The van der Waals surface area contributed by atoms with Crippen molar-refractivity contribution in [2.45, 2.75) is 103 Å². The fraction of sp³-hybridized carbons (Fsp3) is 0.500. The van der Waals surface area contributed by atoms with Crippen molar-refractivity contribution < 1.29 is 41.1 Å². The van der Waals surface area contributed by atoms with E-state index in [2.05, 4.69) is 44.2 Å². The van der Waals surface area contributed by atoms with Crippen molar-refractivity contribution in [3.63, 3.8) is 0 Å². The summed E-state index contributed by atoms with van der Waals surface area (Å²) in [5.41, 5.74) is 0.240. The fourth-order valence-corrected chi connectivity index (χ4v) is 6.59. The quantitative estimate of drug-likeness (QED) is 0.157. The van der Waals surface area contributed by atoms with Crippen LogP contribution in [0.5, 0.6) is 0 Å². The van der Waals surface area contributed by atoms with Crippen LogP contribution in [0.25, 0.3) is 0 Å². The van der Waals surface area contributed by atoms with Crippen molar-refractivity contribution in [1.82, 2.24) is 9.88 Å². The molecule has 13 heteroatoms. The highest BCUT2D eigenvalue weighted by atomic mass is 28.4. The number of hydrogen-bond donors (Lipinski definition) is 1. The van der Waals surface area contributed by atoms with E-state index >= 15 is 4.39 Å². The number of amides is 2. The number of pyridine rings is 1. The Labute approximate surface area is 299 Å².